The number of halogens is 1. The van der Waals surface area contributed by atoms with Crippen LogP contribution in [0.1, 0.15) is 5.56 Å². The van der Waals surface area contributed by atoms with Gasteiger partial charge in [-0.2, -0.15) is 10.2 Å². The first kappa shape index (κ1) is 14.5. The van der Waals surface area contributed by atoms with E-state index in [1.165, 1.54) is 13.1 Å². The predicted molar refractivity (Wildman–Crippen MR) is 77.7 cm³/mol. The normalized spacial score (nSPS) is 9.76. The summed E-state index contributed by atoms with van der Waals surface area (Å²) >= 11 is 5.84. The van der Waals surface area contributed by atoms with Crippen molar-refractivity contribution in [2.75, 3.05) is 17.7 Å². The molecule has 0 saturated heterocycles. The zero-order chi connectivity index (χ0) is 15.4. The lowest BCUT2D eigenvalue weighted by atomic mass is 10.2. The minimum absolute atomic E-state index is 0.0898. The highest BCUT2D eigenvalue weighted by molar-refractivity contribution is 6.31. The Balaban J connectivity index is 2.32. The molecule has 0 aliphatic rings. The van der Waals surface area contributed by atoms with Crippen molar-refractivity contribution in [3.05, 3.63) is 45.1 Å². The standard InChI is InChI=1S/C12H9ClN6O2/c1-15-11-10(19(20)21)6-16-12(18-11)17-8-2-3-9(13)7(4-8)5-14/h2-4,6H,1H3,(H2,15,16,17,18). The van der Waals surface area contributed by atoms with E-state index in [-0.39, 0.29) is 17.5 Å². The maximum atomic E-state index is 10.8. The van der Waals surface area contributed by atoms with E-state index in [1.54, 1.807) is 12.1 Å². The molecule has 0 radical (unpaired) electrons. The van der Waals surface area contributed by atoms with Gasteiger partial charge in [0.25, 0.3) is 0 Å². The van der Waals surface area contributed by atoms with E-state index < -0.39 is 4.92 Å². The summed E-state index contributed by atoms with van der Waals surface area (Å²) in [5, 5.41) is 25.5. The summed E-state index contributed by atoms with van der Waals surface area (Å²) in [6.07, 6.45) is 1.10. The van der Waals surface area contributed by atoms with Crippen LogP contribution in [0.15, 0.2) is 24.4 Å². The largest absolute Gasteiger partial charge is 0.367 e. The van der Waals surface area contributed by atoms with E-state index >= 15 is 0 Å². The summed E-state index contributed by atoms with van der Waals surface area (Å²) in [5.41, 5.74) is 0.626. The SMILES string of the molecule is CNc1nc(Nc2ccc(Cl)c(C#N)c2)ncc1[N+](=O)[O-]. The van der Waals surface area contributed by atoms with Crippen molar-refractivity contribution in [2.24, 2.45) is 0 Å². The smallest absolute Gasteiger partial charge is 0.329 e. The Morgan fingerprint density at radius 2 is 2.24 bits per heavy atom. The average molecular weight is 305 g/mol. The Labute approximate surface area is 124 Å². The molecule has 9 heteroatoms. The van der Waals surface area contributed by atoms with Gasteiger partial charge in [0.1, 0.15) is 12.3 Å². The van der Waals surface area contributed by atoms with Crippen LogP contribution in [0.5, 0.6) is 0 Å². The van der Waals surface area contributed by atoms with Gasteiger partial charge in [0, 0.05) is 12.7 Å². The fourth-order valence-corrected chi connectivity index (χ4v) is 1.73. The highest BCUT2D eigenvalue weighted by Crippen LogP contribution is 2.24. The highest BCUT2D eigenvalue weighted by Gasteiger charge is 2.16. The van der Waals surface area contributed by atoms with Gasteiger partial charge in [-0.1, -0.05) is 11.6 Å². The van der Waals surface area contributed by atoms with Crippen LogP contribution in [0, 0.1) is 21.4 Å². The van der Waals surface area contributed by atoms with Crippen molar-refractivity contribution in [2.45, 2.75) is 0 Å². The van der Waals surface area contributed by atoms with Crippen LogP contribution in [0.2, 0.25) is 5.02 Å². The third-order valence-electron chi connectivity index (χ3n) is 2.55. The quantitative estimate of drug-likeness (QED) is 0.658. The molecule has 0 spiro atoms. The van der Waals surface area contributed by atoms with Crippen LogP contribution in [-0.4, -0.2) is 21.9 Å². The molecule has 0 unspecified atom stereocenters. The maximum absolute atomic E-state index is 10.8. The summed E-state index contributed by atoms with van der Waals surface area (Å²) < 4.78 is 0. The van der Waals surface area contributed by atoms with Crippen molar-refractivity contribution in [1.29, 1.82) is 5.26 Å². The van der Waals surface area contributed by atoms with E-state index in [1.807, 2.05) is 6.07 Å². The lowest BCUT2D eigenvalue weighted by Gasteiger charge is -2.07. The van der Waals surface area contributed by atoms with E-state index in [0.717, 1.165) is 6.20 Å². The summed E-state index contributed by atoms with van der Waals surface area (Å²) in [4.78, 5) is 18.1. The number of hydrogen-bond acceptors (Lipinski definition) is 7. The van der Waals surface area contributed by atoms with Crippen molar-refractivity contribution >= 4 is 34.7 Å². The molecule has 106 valence electrons. The van der Waals surface area contributed by atoms with Crippen LogP contribution in [0.4, 0.5) is 23.1 Å². The Kier molecular flexibility index (Phi) is 4.15. The summed E-state index contributed by atoms with van der Waals surface area (Å²) in [6, 6.07) is 6.70. The first-order valence-corrected chi connectivity index (χ1v) is 6.09. The molecule has 0 amide bonds. The summed E-state index contributed by atoms with van der Waals surface area (Å²) in [6.45, 7) is 0. The number of aromatic nitrogens is 2. The van der Waals surface area contributed by atoms with Crippen LogP contribution in [0.25, 0.3) is 0 Å². The number of benzene rings is 1. The molecule has 0 aliphatic carbocycles. The molecule has 0 fully saturated rings. The first-order chi connectivity index (χ1) is 10.0. The van der Waals surface area contributed by atoms with Gasteiger partial charge >= 0.3 is 5.69 Å². The Morgan fingerprint density at radius 1 is 1.48 bits per heavy atom. The molecule has 1 aromatic carbocycles. The number of anilines is 3. The predicted octanol–water partition coefficient (Wildman–Crippen LogP) is 2.70. The molecule has 1 aromatic heterocycles. The number of rotatable bonds is 4. The van der Waals surface area contributed by atoms with Gasteiger partial charge in [-0.05, 0) is 18.2 Å². The van der Waals surface area contributed by atoms with Gasteiger partial charge in [0.15, 0.2) is 0 Å². The molecule has 21 heavy (non-hydrogen) atoms. The minimum Gasteiger partial charge on any atom is -0.367 e. The van der Waals surface area contributed by atoms with Crippen LogP contribution in [0.3, 0.4) is 0 Å². The van der Waals surface area contributed by atoms with Gasteiger partial charge in [-0.3, -0.25) is 10.1 Å². The van der Waals surface area contributed by atoms with E-state index in [4.69, 9.17) is 16.9 Å². The van der Waals surface area contributed by atoms with Crippen LogP contribution < -0.4 is 10.6 Å². The molecule has 0 atom stereocenters. The zero-order valence-corrected chi connectivity index (χ0v) is 11.5. The third-order valence-corrected chi connectivity index (χ3v) is 2.88. The lowest BCUT2D eigenvalue weighted by molar-refractivity contribution is -0.384. The number of hydrogen-bond donors (Lipinski definition) is 2. The van der Waals surface area contributed by atoms with Gasteiger partial charge in [-0.25, -0.2) is 4.98 Å². The Morgan fingerprint density at radius 3 is 2.86 bits per heavy atom. The van der Waals surface area contributed by atoms with E-state index in [2.05, 4.69) is 20.6 Å². The van der Waals surface area contributed by atoms with Crippen molar-refractivity contribution in [1.82, 2.24) is 9.97 Å². The first-order valence-electron chi connectivity index (χ1n) is 5.71. The molecule has 2 N–H and O–H groups in total. The number of nitrogens with zero attached hydrogens (tertiary/aromatic N) is 4. The monoisotopic (exact) mass is 304 g/mol. The van der Waals surface area contributed by atoms with Crippen molar-refractivity contribution < 1.29 is 4.92 Å². The van der Waals surface area contributed by atoms with E-state index in [9.17, 15) is 10.1 Å². The number of nitriles is 1. The molecule has 8 nitrogen and oxygen atoms in total. The molecule has 2 aromatic rings. The molecule has 1 heterocycles. The topological polar surface area (TPSA) is 117 Å². The maximum Gasteiger partial charge on any atom is 0.329 e. The second kappa shape index (κ2) is 6.02. The van der Waals surface area contributed by atoms with Gasteiger partial charge in [0.05, 0.1) is 15.5 Å². The summed E-state index contributed by atoms with van der Waals surface area (Å²) in [7, 11) is 1.52. The average Bonchev–Trinajstić information content (AvgIpc) is 2.48. The number of nitrogens with one attached hydrogen (secondary N) is 2. The summed E-state index contributed by atoms with van der Waals surface area (Å²) in [5.74, 6) is 0.253. The Bertz CT molecular complexity index is 743. The molecule has 0 aliphatic heterocycles. The second-order valence-corrected chi connectivity index (χ2v) is 4.27. The third kappa shape index (κ3) is 3.16. The molecule has 0 bridgehead atoms. The zero-order valence-electron chi connectivity index (χ0n) is 10.8. The van der Waals surface area contributed by atoms with Gasteiger partial charge in [0.2, 0.25) is 11.8 Å². The molecule has 2 rings (SSSR count). The van der Waals surface area contributed by atoms with Crippen molar-refractivity contribution in [3.63, 3.8) is 0 Å². The van der Waals surface area contributed by atoms with Crippen LogP contribution in [-0.2, 0) is 0 Å². The van der Waals surface area contributed by atoms with Gasteiger partial charge in [-0.15, -0.1) is 0 Å². The lowest BCUT2D eigenvalue weighted by Crippen LogP contribution is -2.04. The number of nitro groups is 1. The molecule has 0 saturated carbocycles. The molecular formula is C12H9ClN6O2. The van der Waals surface area contributed by atoms with Crippen molar-refractivity contribution in [3.8, 4) is 6.07 Å². The minimum atomic E-state index is -0.578. The highest BCUT2D eigenvalue weighted by atomic mass is 35.5. The molecular weight excluding hydrogens is 296 g/mol. The second-order valence-electron chi connectivity index (χ2n) is 3.87. The fourth-order valence-electron chi connectivity index (χ4n) is 1.57. The van der Waals surface area contributed by atoms with E-state index in [0.29, 0.717) is 16.3 Å². The van der Waals surface area contributed by atoms with Crippen LogP contribution >= 0.6 is 11.6 Å². The van der Waals surface area contributed by atoms with Gasteiger partial charge < -0.3 is 10.6 Å². The fraction of sp³-hybridized carbons (Fsp3) is 0.0833. The Hall–Kier alpha value is -2.92.